The van der Waals surface area contributed by atoms with Crippen LogP contribution in [0.1, 0.15) is 13.3 Å². The Balaban J connectivity index is 1.93. The van der Waals surface area contributed by atoms with Gasteiger partial charge in [-0.05, 0) is 35.3 Å². The van der Waals surface area contributed by atoms with Crippen molar-refractivity contribution in [3.8, 4) is 0 Å². The predicted octanol–water partition coefficient (Wildman–Crippen LogP) is 2.54. The summed E-state index contributed by atoms with van der Waals surface area (Å²) in [4.78, 5) is 10.3. The molecule has 7 heteroatoms. The number of morpholine rings is 1. The molecule has 0 aliphatic carbocycles. The number of anilines is 1. The zero-order chi connectivity index (χ0) is 14.5. The number of nitrogens with one attached hydrogen (secondary N) is 2. The number of ether oxygens (including phenoxy) is 1. The Labute approximate surface area is 126 Å². The first-order chi connectivity index (χ1) is 9.56. The number of rotatable bonds is 5. The van der Waals surface area contributed by atoms with Gasteiger partial charge in [-0.1, -0.05) is 0 Å². The van der Waals surface area contributed by atoms with Crippen molar-refractivity contribution in [2.45, 2.75) is 25.4 Å². The molecule has 1 aliphatic heterocycles. The van der Waals surface area contributed by atoms with Crippen LogP contribution in [0.15, 0.2) is 22.7 Å². The second-order valence-electron chi connectivity index (χ2n) is 4.93. The Morgan fingerprint density at radius 1 is 1.65 bits per heavy atom. The summed E-state index contributed by atoms with van der Waals surface area (Å²) in [6.07, 6.45) is 0.934. The number of halogens is 1. The highest BCUT2D eigenvalue weighted by Gasteiger charge is 2.17. The topological polar surface area (TPSA) is 76.4 Å². The summed E-state index contributed by atoms with van der Waals surface area (Å²) in [5.41, 5.74) is 0.942. The summed E-state index contributed by atoms with van der Waals surface area (Å²) < 4.78 is 6.12. The van der Waals surface area contributed by atoms with E-state index in [-0.39, 0.29) is 11.7 Å². The minimum Gasteiger partial charge on any atom is -0.382 e. The Morgan fingerprint density at radius 3 is 3.05 bits per heavy atom. The Hall–Kier alpha value is -1.18. The second-order valence-corrected chi connectivity index (χ2v) is 5.78. The van der Waals surface area contributed by atoms with E-state index < -0.39 is 4.92 Å². The maximum absolute atomic E-state index is 10.7. The second kappa shape index (κ2) is 7.01. The molecule has 1 fully saturated rings. The molecule has 0 radical (unpaired) electrons. The standard InChI is InChI=1S/C13H18BrN3O3/c1-9(6-10-8-20-5-4-15-10)16-13-3-2-11(17(18)19)7-12(13)14/h2-3,7,9-10,15-16H,4-6,8H2,1H3. The van der Waals surface area contributed by atoms with E-state index in [4.69, 9.17) is 4.74 Å². The fourth-order valence-electron chi connectivity index (χ4n) is 2.26. The van der Waals surface area contributed by atoms with Gasteiger partial charge in [-0.2, -0.15) is 0 Å². The van der Waals surface area contributed by atoms with Gasteiger partial charge < -0.3 is 15.4 Å². The largest absolute Gasteiger partial charge is 0.382 e. The Morgan fingerprint density at radius 2 is 2.45 bits per heavy atom. The van der Waals surface area contributed by atoms with Crippen LogP contribution in [0.4, 0.5) is 11.4 Å². The third-order valence-corrected chi connectivity index (χ3v) is 3.86. The van der Waals surface area contributed by atoms with Gasteiger partial charge in [0.1, 0.15) is 0 Å². The summed E-state index contributed by atoms with van der Waals surface area (Å²) >= 11 is 3.36. The molecule has 1 aromatic carbocycles. The van der Waals surface area contributed by atoms with Gasteiger partial charge in [-0.15, -0.1) is 0 Å². The van der Waals surface area contributed by atoms with E-state index in [2.05, 4.69) is 33.5 Å². The van der Waals surface area contributed by atoms with E-state index in [1.807, 2.05) is 0 Å². The molecule has 0 saturated carbocycles. The van der Waals surface area contributed by atoms with E-state index >= 15 is 0 Å². The number of hydrogen-bond acceptors (Lipinski definition) is 5. The van der Waals surface area contributed by atoms with Crippen LogP contribution in [-0.4, -0.2) is 36.8 Å². The molecule has 2 N–H and O–H groups in total. The van der Waals surface area contributed by atoms with Gasteiger partial charge in [-0.3, -0.25) is 10.1 Å². The lowest BCUT2D eigenvalue weighted by atomic mass is 10.1. The van der Waals surface area contributed by atoms with Crippen LogP contribution in [0.2, 0.25) is 0 Å². The molecule has 2 rings (SSSR count). The first-order valence-corrected chi connectivity index (χ1v) is 7.37. The van der Waals surface area contributed by atoms with E-state index in [1.165, 1.54) is 12.1 Å². The third kappa shape index (κ3) is 4.16. The average molecular weight is 344 g/mol. The number of benzene rings is 1. The van der Waals surface area contributed by atoms with Crippen molar-refractivity contribution in [2.24, 2.45) is 0 Å². The molecule has 0 amide bonds. The van der Waals surface area contributed by atoms with Gasteiger partial charge in [0.15, 0.2) is 0 Å². The predicted molar refractivity (Wildman–Crippen MR) is 81.1 cm³/mol. The molecule has 1 aromatic rings. The number of non-ortho nitro benzene ring substituents is 1. The van der Waals surface area contributed by atoms with Crippen molar-refractivity contribution in [1.82, 2.24) is 5.32 Å². The minimum atomic E-state index is -0.402. The molecule has 1 heterocycles. The van der Waals surface area contributed by atoms with E-state index in [0.717, 1.165) is 31.9 Å². The van der Waals surface area contributed by atoms with Gasteiger partial charge in [0, 0.05) is 40.9 Å². The van der Waals surface area contributed by atoms with Crippen LogP contribution >= 0.6 is 15.9 Å². The van der Waals surface area contributed by atoms with E-state index in [9.17, 15) is 10.1 Å². The van der Waals surface area contributed by atoms with Crippen molar-refractivity contribution in [1.29, 1.82) is 0 Å². The summed E-state index contributed by atoms with van der Waals surface area (Å²) in [6.45, 7) is 4.47. The SMILES string of the molecule is CC(CC1COCCN1)Nc1ccc([N+](=O)[O-])cc1Br. The van der Waals surface area contributed by atoms with Crippen LogP contribution in [0.3, 0.4) is 0 Å². The summed E-state index contributed by atoms with van der Waals surface area (Å²) in [5, 5.41) is 17.5. The normalized spacial score (nSPS) is 20.4. The fraction of sp³-hybridized carbons (Fsp3) is 0.538. The molecule has 6 nitrogen and oxygen atoms in total. The Kier molecular flexibility index (Phi) is 5.33. The van der Waals surface area contributed by atoms with E-state index in [1.54, 1.807) is 6.07 Å². The lowest BCUT2D eigenvalue weighted by Crippen LogP contribution is -2.43. The molecule has 0 aromatic heterocycles. The highest BCUT2D eigenvalue weighted by molar-refractivity contribution is 9.10. The summed E-state index contributed by atoms with van der Waals surface area (Å²) in [7, 11) is 0. The lowest BCUT2D eigenvalue weighted by Gasteiger charge is -2.27. The maximum Gasteiger partial charge on any atom is 0.270 e. The van der Waals surface area contributed by atoms with Gasteiger partial charge >= 0.3 is 0 Å². The first-order valence-electron chi connectivity index (χ1n) is 6.58. The molecule has 0 spiro atoms. The zero-order valence-corrected chi connectivity index (χ0v) is 12.9. The monoisotopic (exact) mass is 343 g/mol. The molecular formula is C13H18BrN3O3. The number of nitro benzene ring substituents is 1. The quantitative estimate of drug-likeness (QED) is 0.634. The van der Waals surface area contributed by atoms with Crippen LogP contribution in [0.25, 0.3) is 0 Å². The molecule has 2 unspecified atom stereocenters. The van der Waals surface area contributed by atoms with Crippen molar-refractivity contribution in [2.75, 3.05) is 25.1 Å². The van der Waals surface area contributed by atoms with Crippen molar-refractivity contribution in [3.63, 3.8) is 0 Å². The van der Waals surface area contributed by atoms with Crippen LogP contribution in [0, 0.1) is 10.1 Å². The molecule has 1 aliphatic rings. The number of nitrogens with zero attached hydrogens (tertiary/aromatic N) is 1. The molecule has 1 saturated heterocycles. The van der Waals surface area contributed by atoms with Crippen molar-refractivity contribution < 1.29 is 9.66 Å². The van der Waals surface area contributed by atoms with Crippen LogP contribution in [-0.2, 0) is 4.74 Å². The maximum atomic E-state index is 10.7. The van der Waals surface area contributed by atoms with Gasteiger partial charge in [0.2, 0.25) is 0 Å². The molecule has 0 bridgehead atoms. The molecule has 110 valence electrons. The Bertz CT molecular complexity index is 478. The smallest absolute Gasteiger partial charge is 0.270 e. The highest BCUT2D eigenvalue weighted by Crippen LogP contribution is 2.28. The van der Waals surface area contributed by atoms with Crippen LogP contribution in [0.5, 0.6) is 0 Å². The third-order valence-electron chi connectivity index (χ3n) is 3.20. The lowest BCUT2D eigenvalue weighted by molar-refractivity contribution is -0.384. The van der Waals surface area contributed by atoms with E-state index in [0.29, 0.717) is 10.5 Å². The summed E-state index contributed by atoms with van der Waals surface area (Å²) in [5.74, 6) is 0. The average Bonchev–Trinajstić information content (AvgIpc) is 2.42. The molecular weight excluding hydrogens is 326 g/mol. The minimum absolute atomic E-state index is 0.0809. The van der Waals surface area contributed by atoms with Crippen molar-refractivity contribution >= 4 is 27.3 Å². The number of nitro groups is 1. The first kappa shape index (κ1) is 15.2. The molecule has 20 heavy (non-hydrogen) atoms. The molecule has 2 atom stereocenters. The number of hydrogen-bond donors (Lipinski definition) is 2. The van der Waals surface area contributed by atoms with Gasteiger partial charge in [-0.25, -0.2) is 0 Å². The summed E-state index contributed by atoms with van der Waals surface area (Å²) in [6, 6.07) is 5.33. The van der Waals surface area contributed by atoms with Crippen molar-refractivity contribution in [3.05, 3.63) is 32.8 Å². The van der Waals surface area contributed by atoms with Crippen LogP contribution < -0.4 is 10.6 Å². The fourth-order valence-corrected chi connectivity index (χ4v) is 2.74. The zero-order valence-electron chi connectivity index (χ0n) is 11.3. The van der Waals surface area contributed by atoms with Gasteiger partial charge in [0.05, 0.1) is 18.1 Å². The highest BCUT2D eigenvalue weighted by atomic mass is 79.9. The van der Waals surface area contributed by atoms with Gasteiger partial charge in [0.25, 0.3) is 5.69 Å².